The molecule has 1 N–H and O–H groups in total. The summed E-state index contributed by atoms with van der Waals surface area (Å²) in [6.45, 7) is 6.97. The molecule has 0 aliphatic carbocycles. The van der Waals surface area contributed by atoms with Gasteiger partial charge in [-0.25, -0.2) is 0 Å². The Hall–Kier alpha value is -1.46. The lowest BCUT2D eigenvalue weighted by Gasteiger charge is -2.20. The van der Waals surface area contributed by atoms with Crippen molar-refractivity contribution in [1.29, 1.82) is 0 Å². The fourth-order valence-electron chi connectivity index (χ4n) is 1.48. The minimum Gasteiger partial charge on any atom is -0.311 e. The largest absolute Gasteiger partial charge is 0.311 e. The lowest BCUT2D eigenvalue weighted by Crippen LogP contribution is -2.33. The van der Waals surface area contributed by atoms with Crippen LogP contribution < -0.4 is 5.32 Å². The number of nitrogens with one attached hydrogen (secondary N) is 1. The molecule has 0 heterocycles. The van der Waals surface area contributed by atoms with E-state index in [0.717, 1.165) is 25.2 Å². The van der Waals surface area contributed by atoms with Gasteiger partial charge in [0.05, 0.1) is 4.92 Å². The zero-order valence-electron chi connectivity index (χ0n) is 11.2. The van der Waals surface area contributed by atoms with E-state index in [1.54, 1.807) is 12.1 Å². The Labute approximate surface area is 108 Å². The second-order valence-corrected chi connectivity index (χ2v) is 4.67. The molecule has 0 aromatic heterocycles. The van der Waals surface area contributed by atoms with Crippen molar-refractivity contribution in [3.63, 3.8) is 0 Å². The van der Waals surface area contributed by atoms with Crippen molar-refractivity contribution in [1.82, 2.24) is 10.2 Å². The molecule has 0 fully saturated rings. The maximum absolute atomic E-state index is 10.5. The van der Waals surface area contributed by atoms with E-state index in [-0.39, 0.29) is 10.6 Å². The highest BCUT2D eigenvalue weighted by atomic mass is 16.6. The first-order chi connectivity index (χ1) is 8.50. The van der Waals surface area contributed by atoms with Crippen LogP contribution in [-0.4, -0.2) is 36.0 Å². The van der Waals surface area contributed by atoms with Crippen LogP contribution in [0.4, 0.5) is 5.69 Å². The van der Waals surface area contributed by atoms with Gasteiger partial charge >= 0.3 is 0 Å². The monoisotopic (exact) mass is 251 g/mol. The fourth-order valence-corrected chi connectivity index (χ4v) is 1.48. The van der Waals surface area contributed by atoms with Gasteiger partial charge in [0.2, 0.25) is 0 Å². The first kappa shape index (κ1) is 14.6. The normalized spacial score (nSPS) is 11.2. The van der Waals surface area contributed by atoms with Crippen molar-refractivity contribution in [2.75, 3.05) is 20.1 Å². The van der Waals surface area contributed by atoms with Gasteiger partial charge in [-0.3, -0.25) is 10.1 Å². The maximum Gasteiger partial charge on any atom is 0.269 e. The molecule has 0 saturated carbocycles. The van der Waals surface area contributed by atoms with Crippen LogP contribution in [0.5, 0.6) is 0 Å². The SMILES string of the molecule is CC(C)N(C)CCNCc1ccc([N+](=O)[O-])cc1. The van der Waals surface area contributed by atoms with Crippen molar-refractivity contribution in [3.8, 4) is 0 Å². The summed E-state index contributed by atoms with van der Waals surface area (Å²) >= 11 is 0. The highest BCUT2D eigenvalue weighted by Gasteiger charge is 2.04. The van der Waals surface area contributed by atoms with Gasteiger partial charge in [0.15, 0.2) is 0 Å². The van der Waals surface area contributed by atoms with E-state index in [9.17, 15) is 10.1 Å². The minimum absolute atomic E-state index is 0.137. The van der Waals surface area contributed by atoms with Gasteiger partial charge in [0.25, 0.3) is 5.69 Å². The molecule has 5 nitrogen and oxygen atoms in total. The molecule has 0 bridgehead atoms. The third kappa shape index (κ3) is 4.81. The molecule has 18 heavy (non-hydrogen) atoms. The lowest BCUT2D eigenvalue weighted by atomic mass is 10.2. The Morgan fingerprint density at radius 3 is 2.44 bits per heavy atom. The second-order valence-electron chi connectivity index (χ2n) is 4.67. The van der Waals surface area contributed by atoms with Crippen LogP contribution in [-0.2, 0) is 6.54 Å². The molecule has 0 spiro atoms. The Balaban J connectivity index is 2.29. The number of non-ortho nitro benzene ring substituents is 1. The Bertz CT molecular complexity index is 376. The molecule has 100 valence electrons. The van der Waals surface area contributed by atoms with Crippen LogP contribution in [0.15, 0.2) is 24.3 Å². The van der Waals surface area contributed by atoms with Crippen molar-refractivity contribution in [3.05, 3.63) is 39.9 Å². The van der Waals surface area contributed by atoms with Gasteiger partial charge in [-0.15, -0.1) is 0 Å². The fraction of sp³-hybridized carbons (Fsp3) is 0.538. The molecule has 0 aliphatic heterocycles. The van der Waals surface area contributed by atoms with Gasteiger partial charge in [0, 0.05) is 37.8 Å². The van der Waals surface area contributed by atoms with Crippen molar-refractivity contribution in [2.45, 2.75) is 26.4 Å². The molecule has 1 rings (SSSR count). The molecule has 0 amide bonds. The number of nitro groups is 1. The van der Waals surface area contributed by atoms with Crippen LogP contribution in [0.25, 0.3) is 0 Å². The highest BCUT2D eigenvalue weighted by Crippen LogP contribution is 2.11. The lowest BCUT2D eigenvalue weighted by molar-refractivity contribution is -0.384. The summed E-state index contributed by atoms with van der Waals surface area (Å²) < 4.78 is 0. The average Bonchev–Trinajstić information content (AvgIpc) is 2.34. The van der Waals surface area contributed by atoms with Gasteiger partial charge in [-0.1, -0.05) is 12.1 Å². The quantitative estimate of drug-likeness (QED) is 0.457. The van der Waals surface area contributed by atoms with E-state index in [1.807, 2.05) is 0 Å². The zero-order valence-corrected chi connectivity index (χ0v) is 11.2. The Morgan fingerprint density at radius 1 is 1.33 bits per heavy atom. The van der Waals surface area contributed by atoms with Crippen LogP contribution in [0.3, 0.4) is 0 Å². The van der Waals surface area contributed by atoms with Gasteiger partial charge in [-0.05, 0) is 26.5 Å². The molecule has 0 saturated heterocycles. The van der Waals surface area contributed by atoms with E-state index in [1.165, 1.54) is 12.1 Å². The number of hydrogen-bond acceptors (Lipinski definition) is 4. The molecule has 0 atom stereocenters. The second kappa shape index (κ2) is 7.08. The van der Waals surface area contributed by atoms with Crippen LogP contribution in [0.1, 0.15) is 19.4 Å². The van der Waals surface area contributed by atoms with Crippen LogP contribution in [0, 0.1) is 10.1 Å². The third-order valence-electron chi connectivity index (χ3n) is 3.00. The third-order valence-corrected chi connectivity index (χ3v) is 3.00. The van der Waals surface area contributed by atoms with Crippen LogP contribution in [0.2, 0.25) is 0 Å². The number of nitrogens with zero attached hydrogens (tertiary/aromatic N) is 2. The number of likely N-dealkylation sites (N-methyl/N-ethyl adjacent to an activating group) is 1. The molecule has 1 aromatic rings. The summed E-state index contributed by atoms with van der Waals surface area (Å²) in [5.41, 5.74) is 1.20. The summed E-state index contributed by atoms with van der Waals surface area (Å²) in [7, 11) is 2.10. The molecular weight excluding hydrogens is 230 g/mol. The molecule has 0 unspecified atom stereocenters. The van der Waals surface area contributed by atoms with Gasteiger partial charge in [0.1, 0.15) is 0 Å². The number of hydrogen-bond donors (Lipinski definition) is 1. The highest BCUT2D eigenvalue weighted by molar-refractivity contribution is 5.32. The predicted octanol–water partition coefficient (Wildman–Crippen LogP) is 2.02. The van der Waals surface area contributed by atoms with Gasteiger partial charge in [-0.2, -0.15) is 0 Å². The summed E-state index contributed by atoms with van der Waals surface area (Å²) in [6, 6.07) is 7.20. The molecular formula is C13H21N3O2. The summed E-state index contributed by atoms with van der Waals surface area (Å²) in [6.07, 6.45) is 0. The molecule has 0 radical (unpaired) electrons. The number of nitro benzene ring substituents is 1. The van der Waals surface area contributed by atoms with E-state index < -0.39 is 0 Å². The van der Waals surface area contributed by atoms with Gasteiger partial charge < -0.3 is 10.2 Å². The maximum atomic E-state index is 10.5. The van der Waals surface area contributed by atoms with Crippen molar-refractivity contribution >= 4 is 5.69 Å². The summed E-state index contributed by atoms with van der Waals surface area (Å²) in [5.74, 6) is 0. The number of rotatable bonds is 7. The first-order valence-electron chi connectivity index (χ1n) is 6.15. The minimum atomic E-state index is -0.380. The van der Waals surface area contributed by atoms with E-state index >= 15 is 0 Å². The van der Waals surface area contributed by atoms with E-state index in [4.69, 9.17) is 0 Å². The predicted molar refractivity (Wildman–Crippen MR) is 72.6 cm³/mol. The standard InChI is InChI=1S/C13H21N3O2/c1-11(2)15(3)9-8-14-10-12-4-6-13(7-5-12)16(17)18/h4-7,11,14H,8-10H2,1-3H3. The topological polar surface area (TPSA) is 58.4 Å². The zero-order chi connectivity index (χ0) is 13.5. The van der Waals surface area contributed by atoms with Crippen molar-refractivity contribution < 1.29 is 4.92 Å². The Morgan fingerprint density at radius 2 is 1.94 bits per heavy atom. The van der Waals surface area contributed by atoms with E-state index in [2.05, 4.69) is 31.1 Å². The molecule has 5 heteroatoms. The molecule has 1 aromatic carbocycles. The van der Waals surface area contributed by atoms with Crippen molar-refractivity contribution in [2.24, 2.45) is 0 Å². The Kier molecular flexibility index (Phi) is 5.74. The summed E-state index contributed by atoms with van der Waals surface area (Å²) in [5, 5.41) is 13.8. The van der Waals surface area contributed by atoms with E-state index in [0.29, 0.717) is 6.04 Å². The average molecular weight is 251 g/mol. The first-order valence-corrected chi connectivity index (χ1v) is 6.15. The number of benzene rings is 1. The molecule has 0 aliphatic rings. The smallest absolute Gasteiger partial charge is 0.269 e. The summed E-state index contributed by atoms with van der Waals surface area (Å²) in [4.78, 5) is 12.4. The van der Waals surface area contributed by atoms with Crippen LogP contribution >= 0.6 is 0 Å².